The van der Waals surface area contributed by atoms with Crippen LogP contribution in [0.1, 0.15) is 35.4 Å². The number of hydrogen-bond acceptors (Lipinski definition) is 5. The lowest BCUT2D eigenvalue weighted by Crippen LogP contribution is -2.29. The normalized spacial score (nSPS) is 21.3. The number of halogens is 2. The molecular weight excluding hydrogens is 415 g/mol. The molecule has 0 radical (unpaired) electrons. The Morgan fingerprint density at radius 3 is 2.79 bits per heavy atom. The van der Waals surface area contributed by atoms with Gasteiger partial charge < -0.3 is 11.1 Å². The van der Waals surface area contributed by atoms with Crippen molar-refractivity contribution in [2.45, 2.75) is 38.8 Å². The van der Waals surface area contributed by atoms with E-state index >= 15 is 0 Å². The largest absolute Gasteiger partial charge is 0.330 e. The molecule has 0 bridgehead atoms. The Labute approximate surface area is 182 Å². The van der Waals surface area contributed by atoms with Gasteiger partial charge in [-0.25, -0.2) is 4.98 Å². The van der Waals surface area contributed by atoms with Gasteiger partial charge in [0.25, 0.3) is 0 Å². The number of nitrogens with two attached hydrogens (primary N) is 1. The van der Waals surface area contributed by atoms with Gasteiger partial charge in [-0.2, -0.15) is 0 Å². The smallest absolute Gasteiger partial charge is 0.229 e. The summed E-state index contributed by atoms with van der Waals surface area (Å²) in [4.78, 5) is 21.0. The van der Waals surface area contributed by atoms with Crippen LogP contribution in [-0.4, -0.2) is 28.9 Å². The molecule has 1 aliphatic carbocycles. The second-order valence-corrected chi connectivity index (χ2v) is 8.44. The third-order valence-corrected chi connectivity index (χ3v) is 6.59. The van der Waals surface area contributed by atoms with Crippen LogP contribution in [0, 0.1) is 11.8 Å². The number of anilines is 1. The molecule has 1 aromatic heterocycles. The van der Waals surface area contributed by atoms with Crippen molar-refractivity contribution in [2.24, 2.45) is 17.6 Å². The van der Waals surface area contributed by atoms with Crippen LogP contribution in [0.5, 0.6) is 0 Å². The van der Waals surface area contributed by atoms with Gasteiger partial charge in [0.1, 0.15) is 0 Å². The Morgan fingerprint density at radius 2 is 2.04 bits per heavy atom. The van der Waals surface area contributed by atoms with E-state index in [-0.39, 0.29) is 36.6 Å². The minimum Gasteiger partial charge on any atom is -0.330 e. The van der Waals surface area contributed by atoms with E-state index in [0.29, 0.717) is 12.5 Å². The van der Waals surface area contributed by atoms with Gasteiger partial charge in [-0.05, 0) is 30.9 Å². The highest BCUT2D eigenvalue weighted by Gasteiger charge is 2.32. The molecule has 1 amide bonds. The number of nitrogens with zero attached hydrogens (tertiary/aromatic N) is 2. The van der Waals surface area contributed by atoms with Crippen LogP contribution in [0.3, 0.4) is 0 Å². The summed E-state index contributed by atoms with van der Waals surface area (Å²) >= 11 is 1.63. The van der Waals surface area contributed by atoms with Crippen molar-refractivity contribution in [3.8, 4) is 0 Å². The number of fused-ring (bicyclic) bond motifs is 1. The van der Waals surface area contributed by atoms with Gasteiger partial charge in [-0.3, -0.25) is 9.69 Å². The zero-order valence-electron chi connectivity index (χ0n) is 15.8. The zero-order valence-corrected chi connectivity index (χ0v) is 18.3. The molecule has 8 heteroatoms. The predicted octanol–water partition coefficient (Wildman–Crippen LogP) is 3.86. The van der Waals surface area contributed by atoms with E-state index in [0.717, 1.165) is 56.1 Å². The molecule has 154 valence electrons. The predicted molar refractivity (Wildman–Crippen MR) is 119 cm³/mol. The second-order valence-electron chi connectivity index (χ2n) is 7.36. The standard InChI is InChI=1S/C20H26N4OS.2ClH/c21-11-15-7-4-8-16(15)19(25)23-20-22-17-9-10-24(13-18(17)26-20)12-14-5-2-1-3-6-14;;/h1-3,5-6,15-16H,4,7-13,21H2,(H,22,23,25);2*1H/t15-,16-;;/m1../s1. The van der Waals surface area contributed by atoms with Gasteiger partial charge in [0, 0.05) is 36.9 Å². The molecule has 1 fully saturated rings. The molecule has 2 atom stereocenters. The first-order chi connectivity index (χ1) is 12.7. The topological polar surface area (TPSA) is 71.2 Å². The second kappa shape index (κ2) is 10.6. The molecule has 0 spiro atoms. The molecule has 1 aliphatic heterocycles. The monoisotopic (exact) mass is 442 g/mol. The quantitative estimate of drug-likeness (QED) is 0.736. The van der Waals surface area contributed by atoms with E-state index in [2.05, 4.69) is 45.5 Å². The molecule has 2 heterocycles. The molecule has 4 rings (SSSR count). The first-order valence-corrected chi connectivity index (χ1v) is 10.3. The van der Waals surface area contributed by atoms with E-state index < -0.39 is 0 Å². The molecule has 1 saturated carbocycles. The molecule has 28 heavy (non-hydrogen) atoms. The van der Waals surface area contributed by atoms with Crippen molar-refractivity contribution in [3.05, 3.63) is 46.5 Å². The summed E-state index contributed by atoms with van der Waals surface area (Å²) < 4.78 is 0. The van der Waals surface area contributed by atoms with Crippen molar-refractivity contribution in [1.82, 2.24) is 9.88 Å². The number of carbonyl (C=O) groups excluding carboxylic acids is 1. The number of benzene rings is 1. The minimum atomic E-state index is 0. The minimum absolute atomic E-state index is 0. The van der Waals surface area contributed by atoms with Crippen LogP contribution in [0.4, 0.5) is 5.13 Å². The first-order valence-electron chi connectivity index (χ1n) is 9.48. The van der Waals surface area contributed by atoms with Crippen LogP contribution < -0.4 is 11.1 Å². The maximum absolute atomic E-state index is 12.6. The van der Waals surface area contributed by atoms with Gasteiger partial charge in [0.15, 0.2) is 5.13 Å². The van der Waals surface area contributed by atoms with E-state index in [1.54, 1.807) is 11.3 Å². The average Bonchev–Trinajstić information content (AvgIpc) is 3.28. The summed E-state index contributed by atoms with van der Waals surface area (Å²) in [6, 6.07) is 10.6. The van der Waals surface area contributed by atoms with Crippen molar-refractivity contribution >= 4 is 47.2 Å². The molecular formula is C20H28Cl2N4OS. The van der Waals surface area contributed by atoms with Gasteiger partial charge in [0.2, 0.25) is 5.91 Å². The summed E-state index contributed by atoms with van der Waals surface area (Å²) in [5.74, 6) is 0.478. The number of aromatic nitrogens is 1. The lowest BCUT2D eigenvalue weighted by molar-refractivity contribution is -0.120. The number of hydrogen-bond donors (Lipinski definition) is 2. The van der Waals surface area contributed by atoms with Crippen LogP contribution in [-0.2, 0) is 24.3 Å². The van der Waals surface area contributed by atoms with Crippen molar-refractivity contribution in [1.29, 1.82) is 0 Å². The molecule has 0 unspecified atom stereocenters. The fourth-order valence-electron chi connectivity index (χ4n) is 4.14. The van der Waals surface area contributed by atoms with Crippen LogP contribution in [0.2, 0.25) is 0 Å². The molecule has 1 aromatic carbocycles. The summed E-state index contributed by atoms with van der Waals surface area (Å²) in [5.41, 5.74) is 8.30. The highest BCUT2D eigenvalue weighted by Crippen LogP contribution is 2.33. The fraction of sp³-hybridized carbons (Fsp3) is 0.500. The van der Waals surface area contributed by atoms with E-state index in [9.17, 15) is 4.79 Å². The van der Waals surface area contributed by atoms with Crippen LogP contribution in [0.15, 0.2) is 30.3 Å². The molecule has 2 aromatic rings. The third-order valence-electron chi connectivity index (χ3n) is 5.59. The zero-order chi connectivity index (χ0) is 17.9. The van der Waals surface area contributed by atoms with Gasteiger partial charge in [-0.15, -0.1) is 36.2 Å². The average molecular weight is 443 g/mol. The van der Waals surface area contributed by atoms with E-state index in [4.69, 9.17) is 5.73 Å². The highest BCUT2D eigenvalue weighted by atomic mass is 35.5. The Kier molecular flexibility index (Phi) is 8.71. The molecule has 2 aliphatic rings. The first kappa shape index (κ1) is 23.1. The molecule has 3 N–H and O–H groups in total. The van der Waals surface area contributed by atoms with Crippen LogP contribution in [0.25, 0.3) is 0 Å². The summed E-state index contributed by atoms with van der Waals surface area (Å²) in [7, 11) is 0. The SMILES string of the molecule is Cl.Cl.NC[C@H]1CCC[C@H]1C(=O)Nc1nc2c(s1)CN(Cc1ccccc1)CC2. The van der Waals surface area contributed by atoms with Gasteiger partial charge >= 0.3 is 0 Å². The Hall–Kier alpha value is -1.18. The maximum atomic E-state index is 12.6. The lowest BCUT2D eigenvalue weighted by Gasteiger charge is -2.25. The molecule has 0 saturated heterocycles. The maximum Gasteiger partial charge on any atom is 0.229 e. The summed E-state index contributed by atoms with van der Waals surface area (Å²) in [6.07, 6.45) is 4.06. The number of amides is 1. The fourth-order valence-corrected chi connectivity index (χ4v) is 5.19. The number of nitrogens with one attached hydrogen (secondary N) is 1. The van der Waals surface area contributed by atoms with E-state index in [1.165, 1.54) is 10.4 Å². The Morgan fingerprint density at radius 1 is 1.25 bits per heavy atom. The van der Waals surface area contributed by atoms with Crippen LogP contribution >= 0.6 is 36.2 Å². The summed E-state index contributed by atoms with van der Waals surface area (Å²) in [5, 5.41) is 3.82. The van der Waals surface area contributed by atoms with Crippen molar-refractivity contribution < 1.29 is 4.79 Å². The number of carbonyl (C=O) groups is 1. The Balaban J connectivity index is 0.00000140. The van der Waals surface area contributed by atoms with Crippen molar-refractivity contribution in [2.75, 3.05) is 18.4 Å². The number of rotatable bonds is 5. The molecule has 5 nitrogen and oxygen atoms in total. The van der Waals surface area contributed by atoms with Crippen molar-refractivity contribution in [3.63, 3.8) is 0 Å². The highest BCUT2D eigenvalue weighted by molar-refractivity contribution is 7.15. The van der Waals surface area contributed by atoms with Gasteiger partial charge in [-0.1, -0.05) is 36.8 Å². The lowest BCUT2D eigenvalue weighted by atomic mass is 9.95. The Bertz CT molecular complexity index is 771. The van der Waals surface area contributed by atoms with Gasteiger partial charge in [0.05, 0.1) is 5.69 Å². The number of thiazole rings is 1. The third kappa shape index (κ3) is 5.24. The summed E-state index contributed by atoms with van der Waals surface area (Å²) in [6.45, 7) is 3.48. The van der Waals surface area contributed by atoms with E-state index in [1.807, 2.05) is 0 Å².